The van der Waals surface area contributed by atoms with E-state index in [4.69, 9.17) is 0 Å². The molecule has 0 amide bonds. The standard InChI is InChI=1S/C10H15.Li/c1-8-6-7-9-4-2-3-5-10(8)9;/h5,8-9H,1-4,6-7H2;/q-1;+1/t8-,9-;/m0./s1. The molecule has 0 spiro atoms. The molecule has 0 aromatic heterocycles. The minimum absolute atomic E-state index is 0. The van der Waals surface area contributed by atoms with E-state index in [1.165, 1.54) is 32.1 Å². The van der Waals surface area contributed by atoms with Crippen molar-refractivity contribution in [2.75, 3.05) is 0 Å². The van der Waals surface area contributed by atoms with Crippen molar-refractivity contribution >= 4 is 0 Å². The number of hydrogen-bond donors (Lipinski definition) is 0. The molecule has 0 nitrogen and oxygen atoms in total. The van der Waals surface area contributed by atoms with Gasteiger partial charge in [-0.2, -0.15) is 0 Å². The summed E-state index contributed by atoms with van der Waals surface area (Å²) in [6.07, 6.45) is 9.38. The van der Waals surface area contributed by atoms with Gasteiger partial charge in [0.2, 0.25) is 0 Å². The number of hydrogen-bond acceptors (Lipinski definition) is 0. The molecule has 0 aliphatic heterocycles. The third-order valence-electron chi connectivity index (χ3n) is 2.94. The van der Waals surface area contributed by atoms with E-state index in [0.717, 1.165) is 5.92 Å². The fourth-order valence-corrected chi connectivity index (χ4v) is 2.35. The van der Waals surface area contributed by atoms with Gasteiger partial charge in [0.15, 0.2) is 0 Å². The van der Waals surface area contributed by atoms with Crippen LogP contribution in [-0.2, 0) is 0 Å². The summed E-state index contributed by atoms with van der Waals surface area (Å²) < 4.78 is 0. The topological polar surface area (TPSA) is 0 Å². The first kappa shape index (κ1) is 9.43. The van der Waals surface area contributed by atoms with Crippen LogP contribution in [0.15, 0.2) is 11.6 Å². The maximum Gasteiger partial charge on any atom is 1.00 e. The zero-order valence-corrected chi connectivity index (χ0v) is 7.47. The van der Waals surface area contributed by atoms with Crippen molar-refractivity contribution in [2.45, 2.75) is 32.1 Å². The van der Waals surface area contributed by atoms with Gasteiger partial charge in [0.05, 0.1) is 0 Å². The van der Waals surface area contributed by atoms with Crippen molar-refractivity contribution in [3.63, 3.8) is 0 Å². The molecule has 0 bridgehead atoms. The third kappa shape index (κ3) is 1.74. The van der Waals surface area contributed by atoms with Crippen molar-refractivity contribution in [3.8, 4) is 0 Å². The van der Waals surface area contributed by atoms with Gasteiger partial charge < -0.3 is 6.92 Å². The number of rotatable bonds is 0. The molecule has 11 heavy (non-hydrogen) atoms. The quantitative estimate of drug-likeness (QED) is 0.253. The Morgan fingerprint density at radius 3 is 2.82 bits per heavy atom. The first-order chi connectivity index (χ1) is 4.88. The van der Waals surface area contributed by atoms with E-state index in [1.807, 2.05) is 0 Å². The molecule has 1 fully saturated rings. The zero-order chi connectivity index (χ0) is 6.97. The van der Waals surface area contributed by atoms with Gasteiger partial charge in [-0.25, -0.2) is 0 Å². The first-order valence-electron chi connectivity index (χ1n) is 4.41. The van der Waals surface area contributed by atoms with E-state index in [-0.39, 0.29) is 18.9 Å². The second-order valence-electron chi connectivity index (χ2n) is 3.61. The van der Waals surface area contributed by atoms with Crippen LogP contribution in [0.1, 0.15) is 32.1 Å². The summed E-state index contributed by atoms with van der Waals surface area (Å²) >= 11 is 0. The normalized spacial score (nSPS) is 35.5. The molecule has 0 aromatic carbocycles. The SMILES string of the molecule is [CH2-][C@H]1CC[C@@H]2CCCC=C21.[Li+]. The molecule has 2 aliphatic carbocycles. The summed E-state index contributed by atoms with van der Waals surface area (Å²) in [6, 6.07) is 0. The molecular weight excluding hydrogens is 127 g/mol. The van der Waals surface area contributed by atoms with Gasteiger partial charge in [-0.05, 0) is 31.6 Å². The summed E-state index contributed by atoms with van der Waals surface area (Å²) in [5, 5.41) is 0. The van der Waals surface area contributed by atoms with E-state index < -0.39 is 0 Å². The van der Waals surface area contributed by atoms with Crippen molar-refractivity contribution in [1.82, 2.24) is 0 Å². The Bertz CT molecular complexity index is 160. The van der Waals surface area contributed by atoms with Gasteiger partial charge in [0.1, 0.15) is 0 Å². The van der Waals surface area contributed by atoms with Crippen LogP contribution in [0.4, 0.5) is 0 Å². The summed E-state index contributed by atoms with van der Waals surface area (Å²) in [5.41, 5.74) is 1.69. The monoisotopic (exact) mass is 142 g/mol. The molecule has 0 radical (unpaired) electrons. The molecular formula is C10H15Li. The molecule has 2 aliphatic rings. The van der Waals surface area contributed by atoms with E-state index >= 15 is 0 Å². The smallest absolute Gasteiger partial charge is 0.336 e. The zero-order valence-electron chi connectivity index (χ0n) is 7.47. The Hall–Kier alpha value is 0.337. The van der Waals surface area contributed by atoms with Crippen LogP contribution in [0.5, 0.6) is 0 Å². The Balaban J connectivity index is 0.000000605. The first-order valence-corrected chi connectivity index (χ1v) is 4.41. The van der Waals surface area contributed by atoms with Crippen molar-refractivity contribution < 1.29 is 18.9 Å². The van der Waals surface area contributed by atoms with E-state index in [1.54, 1.807) is 5.57 Å². The minimum Gasteiger partial charge on any atom is -0.336 e. The van der Waals surface area contributed by atoms with Crippen LogP contribution < -0.4 is 18.9 Å². The van der Waals surface area contributed by atoms with Gasteiger partial charge in [-0.1, -0.05) is 18.1 Å². The maximum atomic E-state index is 4.15. The van der Waals surface area contributed by atoms with E-state index in [2.05, 4.69) is 13.0 Å². The van der Waals surface area contributed by atoms with Crippen LogP contribution in [0, 0.1) is 18.8 Å². The Morgan fingerprint density at radius 2 is 2.09 bits per heavy atom. The molecule has 2 atom stereocenters. The molecule has 0 heterocycles. The van der Waals surface area contributed by atoms with Crippen LogP contribution in [0.2, 0.25) is 0 Å². The van der Waals surface area contributed by atoms with Crippen LogP contribution in [-0.4, -0.2) is 0 Å². The second-order valence-corrected chi connectivity index (χ2v) is 3.61. The Morgan fingerprint density at radius 1 is 1.27 bits per heavy atom. The molecule has 0 N–H and O–H groups in total. The fourth-order valence-electron chi connectivity index (χ4n) is 2.35. The van der Waals surface area contributed by atoms with Crippen molar-refractivity contribution in [1.29, 1.82) is 0 Å². The van der Waals surface area contributed by atoms with E-state index in [9.17, 15) is 0 Å². The average molecular weight is 142 g/mol. The van der Waals surface area contributed by atoms with Gasteiger partial charge in [0.25, 0.3) is 0 Å². The molecule has 1 saturated carbocycles. The summed E-state index contributed by atoms with van der Waals surface area (Å²) in [6.45, 7) is 4.15. The molecule has 0 aromatic rings. The van der Waals surface area contributed by atoms with Crippen LogP contribution >= 0.6 is 0 Å². The number of allylic oxidation sites excluding steroid dienone is 2. The van der Waals surface area contributed by atoms with E-state index in [0.29, 0.717) is 5.92 Å². The van der Waals surface area contributed by atoms with Crippen LogP contribution in [0.25, 0.3) is 0 Å². The van der Waals surface area contributed by atoms with Gasteiger partial charge in [-0.15, -0.1) is 5.92 Å². The summed E-state index contributed by atoms with van der Waals surface area (Å²) in [4.78, 5) is 0. The molecule has 0 saturated heterocycles. The fraction of sp³-hybridized carbons (Fsp3) is 0.700. The minimum atomic E-state index is 0. The third-order valence-corrected chi connectivity index (χ3v) is 2.94. The van der Waals surface area contributed by atoms with Gasteiger partial charge in [-0.3, -0.25) is 0 Å². The summed E-state index contributed by atoms with van der Waals surface area (Å²) in [5.74, 6) is 1.61. The maximum absolute atomic E-state index is 4.15. The largest absolute Gasteiger partial charge is 1.00 e. The molecule has 1 heteroatoms. The predicted molar refractivity (Wildman–Crippen MR) is 43.5 cm³/mol. The molecule has 2 rings (SSSR count). The van der Waals surface area contributed by atoms with Crippen LogP contribution in [0.3, 0.4) is 0 Å². The van der Waals surface area contributed by atoms with Gasteiger partial charge >= 0.3 is 18.9 Å². The molecule has 0 unspecified atom stereocenters. The number of fused-ring (bicyclic) bond motifs is 1. The summed E-state index contributed by atoms with van der Waals surface area (Å²) in [7, 11) is 0. The van der Waals surface area contributed by atoms with Crippen molar-refractivity contribution in [3.05, 3.63) is 18.6 Å². The average Bonchev–Trinajstić information content (AvgIpc) is 2.34. The second kappa shape index (κ2) is 3.83. The molecule has 56 valence electrons. The van der Waals surface area contributed by atoms with Gasteiger partial charge in [0, 0.05) is 0 Å². The Labute approximate surface area is 81.6 Å². The predicted octanol–water partition coefficient (Wildman–Crippen LogP) is -0.0390. The van der Waals surface area contributed by atoms with Crippen molar-refractivity contribution in [2.24, 2.45) is 11.8 Å². The Kier molecular flexibility index (Phi) is 3.28.